The zero-order chi connectivity index (χ0) is 13.1. The van der Waals surface area contributed by atoms with E-state index in [1.807, 2.05) is 0 Å². The summed E-state index contributed by atoms with van der Waals surface area (Å²) in [6.07, 6.45) is 3.82. The normalized spacial score (nSPS) is 23.7. The van der Waals surface area contributed by atoms with Crippen LogP contribution in [0.3, 0.4) is 0 Å². The Balaban J connectivity index is 1.94. The molecule has 0 spiro atoms. The molecule has 1 amide bonds. The third kappa shape index (κ3) is 2.81. The first kappa shape index (κ1) is 12.9. The number of carbonyl (C=O) groups is 1. The van der Waals surface area contributed by atoms with Gasteiger partial charge in [-0.05, 0) is 25.7 Å². The summed E-state index contributed by atoms with van der Waals surface area (Å²) in [6.45, 7) is 0. The van der Waals surface area contributed by atoms with Gasteiger partial charge in [0.15, 0.2) is 5.69 Å². The predicted molar refractivity (Wildman–Crippen MR) is 67.5 cm³/mol. The zero-order valence-corrected chi connectivity index (χ0v) is 10.8. The average Bonchev–Trinajstić information content (AvgIpc) is 2.73. The second-order valence-corrected chi connectivity index (χ2v) is 4.78. The van der Waals surface area contributed by atoms with Crippen molar-refractivity contribution in [1.29, 1.82) is 0 Å². The van der Waals surface area contributed by atoms with Gasteiger partial charge >= 0.3 is 0 Å². The molecule has 6 heteroatoms. The van der Waals surface area contributed by atoms with Crippen LogP contribution in [-0.4, -0.2) is 34.9 Å². The summed E-state index contributed by atoms with van der Waals surface area (Å²) in [7, 11) is 3.30. The summed E-state index contributed by atoms with van der Waals surface area (Å²) >= 11 is 0. The van der Waals surface area contributed by atoms with Gasteiger partial charge in [-0.15, -0.1) is 0 Å². The van der Waals surface area contributed by atoms with Crippen LogP contribution in [0, 0.1) is 0 Å². The zero-order valence-electron chi connectivity index (χ0n) is 10.8. The van der Waals surface area contributed by atoms with Crippen molar-refractivity contribution >= 4 is 5.91 Å². The summed E-state index contributed by atoms with van der Waals surface area (Å²) in [6, 6.07) is 2.14. The van der Waals surface area contributed by atoms with Crippen LogP contribution in [-0.2, 0) is 7.05 Å². The van der Waals surface area contributed by atoms with E-state index in [0.717, 1.165) is 25.7 Å². The highest BCUT2D eigenvalue weighted by Gasteiger charge is 2.22. The Bertz CT molecular complexity index is 422. The monoisotopic (exact) mass is 252 g/mol. The third-order valence-corrected chi connectivity index (χ3v) is 3.39. The van der Waals surface area contributed by atoms with Crippen LogP contribution in [0.1, 0.15) is 36.2 Å². The van der Waals surface area contributed by atoms with Crippen molar-refractivity contribution in [2.45, 2.75) is 37.8 Å². The van der Waals surface area contributed by atoms with Gasteiger partial charge < -0.3 is 15.8 Å². The van der Waals surface area contributed by atoms with E-state index < -0.39 is 0 Å². The Morgan fingerprint density at radius 3 is 2.72 bits per heavy atom. The predicted octanol–water partition coefficient (Wildman–Crippen LogP) is 0.428. The van der Waals surface area contributed by atoms with E-state index in [2.05, 4.69) is 10.4 Å². The maximum atomic E-state index is 12.0. The van der Waals surface area contributed by atoms with Crippen LogP contribution in [0.4, 0.5) is 0 Å². The quantitative estimate of drug-likeness (QED) is 0.817. The maximum absolute atomic E-state index is 12.0. The smallest absolute Gasteiger partial charge is 0.272 e. The van der Waals surface area contributed by atoms with Crippen LogP contribution in [0.25, 0.3) is 0 Å². The molecule has 0 radical (unpaired) electrons. The summed E-state index contributed by atoms with van der Waals surface area (Å²) in [5, 5.41) is 7.11. The highest BCUT2D eigenvalue weighted by atomic mass is 16.5. The fourth-order valence-electron chi connectivity index (χ4n) is 2.27. The molecule has 100 valence electrons. The van der Waals surface area contributed by atoms with Crippen molar-refractivity contribution in [3.05, 3.63) is 11.8 Å². The molecule has 0 unspecified atom stereocenters. The molecular formula is C12H20N4O2. The molecule has 1 aromatic heterocycles. The molecule has 1 saturated carbocycles. The van der Waals surface area contributed by atoms with Gasteiger partial charge in [-0.3, -0.25) is 4.79 Å². The number of hydrogen-bond acceptors (Lipinski definition) is 4. The Hall–Kier alpha value is -1.56. The van der Waals surface area contributed by atoms with Gasteiger partial charge in [-0.1, -0.05) is 0 Å². The second-order valence-electron chi connectivity index (χ2n) is 4.78. The fourth-order valence-corrected chi connectivity index (χ4v) is 2.27. The van der Waals surface area contributed by atoms with Gasteiger partial charge in [0.2, 0.25) is 5.88 Å². The lowest BCUT2D eigenvalue weighted by Gasteiger charge is -2.26. The van der Waals surface area contributed by atoms with Crippen molar-refractivity contribution < 1.29 is 9.53 Å². The average molecular weight is 252 g/mol. The maximum Gasteiger partial charge on any atom is 0.272 e. The minimum atomic E-state index is -0.144. The number of ether oxygens (including phenoxy) is 1. The van der Waals surface area contributed by atoms with Gasteiger partial charge in [0, 0.05) is 25.2 Å². The summed E-state index contributed by atoms with van der Waals surface area (Å²) in [5.74, 6) is 0.431. The number of nitrogens with one attached hydrogen (secondary N) is 1. The number of hydrogen-bond donors (Lipinski definition) is 2. The van der Waals surface area contributed by atoms with Crippen LogP contribution in [0.2, 0.25) is 0 Å². The van der Waals surface area contributed by atoms with E-state index in [4.69, 9.17) is 10.5 Å². The van der Waals surface area contributed by atoms with Crippen LogP contribution < -0.4 is 15.8 Å². The van der Waals surface area contributed by atoms with E-state index in [9.17, 15) is 4.79 Å². The number of methoxy groups -OCH3 is 1. The minimum Gasteiger partial charge on any atom is -0.481 e. The SMILES string of the molecule is COc1cc(C(=O)NC2CCC(N)CC2)nn1C. The van der Waals surface area contributed by atoms with E-state index in [0.29, 0.717) is 11.6 Å². The van der Waals surface area contributed by atoms with E-state index >= 15 is 0 Å². The van der Waals surface area contributed by atoms with Crippen LogP contribution in [0.15, 0.2) is 6.07 Å². The van der Waals surface area contributed by atoms with Crippen molar-refractivity contribution in [3.8, 4) is 5.88 Å². The number of nitrogens with zero attached hydrogens (tertiary/aromatic N) is 2. The summed E-state index contributed by atoms with van der Waals surface area (Å²) < 4.78 is 6.63. The van der Waals surface area contributed by atoms with Crippen molar-refractivity contribution in [3.63, 3.8) is 0 Å². The van der Waals surface area contributed by atoms with E-state index in [1.165, 1.54) is 0 Å². The fraction of sp³-hybridized carbons (Fsp3) is 0.667. The second kappa shape index (κ2) is 5.39. The third-order valence-electron chi connectivity index (χ3n) is 3.39. The highest BCUT2D eigenvalue weighted by molar-refractivity contribution is 5.92. The Morgan fingerprint density at radius 1 is 1.50 bits per heavy atom. The molecular weight excluding hydrogens is 232 g/mol. The largest absolute Gasteiger partial charge is 0.481 e. The summed E-state index contributed by atoms with van der Waals surface area (Å²) in [4.78, 5) is 12.0. The number of rotatable bonds is 3. The lowest BCUT2D eigenvalue weighted by atomic mass is 9.92. The topological polar surface area (TPSA) is 82.2 Å². The standard InChI is InChI=1S/C12H20N4O2/c1-16-11(18-2)7-10(15-16)12(17)14-9-5-3-8(13)4-6-9/h7-9H,3-6,13H2,1-2H3,(H,14,17). The summed E-state index contributed by atoms with van der Waals surface area (Å²) in [5.41, 5.74) is 6.23. The molecule has 2 rings (SSSR count). The molecule has 0 atom stereocenters. The molecule has 0 bridgehead atoms. The molecule has 6 nitrogen and oxygen atoms in total. The first-order valence-electron chi connectivity index (χ1n) is 6.24. The van der Waals surface area contributed by atoms with Crippen LogP contribution in [0.5, 0.6) is 5.88 Å². The van der Waals surface area contributed by atoms with Gasteiger partial charge in [0.1, 0.15) is 0 Å². The lowest BCUT2D eigenvalue weighted by Crippen LogP contribution is -2.40. The molecule has 0 saturated heterocycles. The molecule has 0 aromatic carbocycles. The van der Waals surface area contributed by atoms with Crippen molar-refractivity contribution in [2.24, 2.45) is 12.8 Å². The minimum absolute atomic E-state index is 0.144. The van der Waals surface area contributed by atoms with E-state index in [1.54, 1.807) is 24.9 Å². The van der Waals surface area contributed by atoms with Gasteiger partial charge in [-0.2, -0.15) is 5.10 Å². The molecule has 1 aliphatic carbocycles. The highest BCUT2D eigenvalue weighted by Crippen LogP contribution is 2.18. The number of aromatic nitrogens is 2. The molecule has 1 aliphatic rings. The number of amides is 1. The molecule has 1 fully saturated rings. The van der Waals surface area contributed by atoms with Gasteiger partial charge in [0.25, 0.3) is 5.91 Å². The van der Waals surface area contributed by atoms with E-state index in [-0.39, 0.29) is 18.0 Å². The van der Waals surface area contributed by atoms with Gasteiger partial charge in [0.05, 0.1) is 7.11 Å². The number of nitrogens with two attached hydrogens (primary N) is 1. The molecule has 0 aliphatic heterocycles. The number of carbonyl (C=O) groups excluding carboxylic acids is 1. The molecule has 3 N–H and O–H groups in total. The Morgan fingerprint density at radius 2 is 2.17 bits per heavy atom. The first-order valence-corrected chi connectivity index (χ1v) is 6.24. The number of aryl methyl sites for hydroxylation is 1. The Kier molecular flexibility index (Phi) is 3.86. The Labute approximate surface area is 106 Å². The van der Waals surface area contributed by atoms with Crippen molar-refractivity contribution in [1.82, 2.24) is 15.1 Å². The van der Waals surface area contributed by atoms with Crippen molar-refractivity contribution in [2.75, 3.05) is 7.11 Å². The first-order chi connectivity index (χ1) is 8.60. The molecule has 1 heterocycles. The van der Waals surface area contributed by atoms with Crippen LogP contribution >= 0.6 is 0 Å². The lowest BCUT2D eigenvalue weighted by molar-refractivity contribution is 0.0920. The van der Waals surface area contributed by atoms with Gasteiger partial charge in [-0.25, -0.2) is 4.68 Å². The molecule has 18 heavy (non-hydrogen) atoms. The molecule has 1 aromatic rings.